The minimum Gasteiger partial charge on any atom is -0.474 e. The fraction of sp³-hybridized carbons (Fsp3) is 0.269. The van der Waals surface area contributed by atoms with Gasteiger partial charge in [-0.3, -0.25) is 15.0 Å². The summed E-state index contributed by atoms with van der Waals surface area (Å²) in [5, 5.41) is 15.9. The molecule has 0 aliphatic carbocycles. The van der Waals surface area contributed by atoms with Gasteiger partial charge in [0.15, 0.2) is 0 Å². The van der Waals surface area contributed by atoms with Crippen LogP contribution < -0.4 is 10.5 Å². The number of esters is 1. The Morgan fingerprint density at radius 1 is 1.09 bits per heavy atom. The highest BCUT2D eigenvalue weighted by atomic mass is 16.5. The predicted octanol–water partition coefficient (Wildman–Crippen LogP) is 2.79. The van der Waals surface area contributed by atoms with Gasteiger partial charge in [-0.25, -0.2) is 0 Å². The number of likely N-dealkylation sites (tertiary alicyclic amines) is 1. The molecule has 1 fully saturated rings. The van der Waals surface area contributed by atoms with E-state index < -0.39 is 11.9 Å². The second-order valence-electron chi connectivity index (χ2n) is 8.38. The average Bonchev–Trinajstić information content (AvgIpc) is 3.17. The summed E-state index contributed by atoms with van der Waals surface area (Å²) in [6.07, 6.45) is 0.544. The number of hydrogen-bond acceptors (Lipinski definition) is 7. The number of carbonyl (C=O) groups excluding carboxylic acids is 2. The summed E-state index contributed by atoms with van der Waals surface area (Å²) in [6, 6.07) is 20.2. The lowest BCUT2D eigenvalue weighted by molar-refractivity contribution is -0.145. The lowest BCUT2D eigenvalue weighted by Gasteiger charge is -2.24. The van der Waals surface area contributed by atoms with Crippen molar-refractivity contribution in [3.63, 3.8) is 0 Å². The number of aromatic nitrogens is 2. The number of nitrogens with two attached hydrogens (primary N) is 1. The summed E-state index contributed by atoms with van der Waals surface area (Å²) in [7, 11) is 1.32. The number of methoxy groups -OCH3 is 1. The molecule has 3 aromatic rings. The zero-order chi connectivity index (χ0) is 24.8. The topological polar surface area (TPSA) is 131 Å². The smallest absolute Gasteiger partial charge is 0.306 e. The maximum Gasteiger partial charge on any atom is 0.306 e. The molecule has 0 bridgehead atoms. The Morgan fingerprint density at radius 2 is 1.83 bits per heavy atom. The fourth-order valence-electron chi connectivity index (χ4n) is 4.12. The molecule has 1 aliphatic heterocycles. The van der Waals surface area contributed by atoms with E-state index in [0.29, 0.717) is 30.1 Å². The van der Waals surface area contributed by atoms with Crippen LogP contribution >= 0.6 is 0 Å². The number of nitrogens with one attached hydrogen (secondary N) is 1. The third-order valence-corrected chi connectivity index (χ3v) is 6.02. The highest BCUT2D eigenvalue weighted by Crippen LogP contribution is 2.30. The average molecular weight is 474 g/mol. The highest BCUT2D eigenvalue weighted by Gasteiger charge is 2.41. The Bertz CT molecular complexity index is 1180. The van der Waals surface area contributed by atoms with Crippen molar-refractivity contribution in [1.29, 1.82) is 5.41 Å². The van der Waals surface area contributed by atoms with E-state index in [-0.39, 0.29) is 30.8 Å². The van der Waals surface area contributed by atoms with Crippen molar-refractivity contribution in [2.45, 2.75) is 25.4 Å². The van der Waals surface area contributed by atoms with E-state index in [9.17, 15) is 9.59 Å². The van der Waals surface area contributed by atoms with Crippen LogP contribution in [0, 0.1) is 11.3 Å². The molecule has 0 saturated carbocycles. The fourth-order valence-corrected chi connectivity index (χ4v) is 4.12. The van der Waals surface area contributed by atoms with Crippen molar-refractivity contribution in [2.75, 3.05) is 13.7 Å². The molecule has 1 aliphatic rings. The van der Waals surface area contributed by atoms with Crippen molar-refractivity contribution < 1.29 is 19.1 Å². The summed E-state index contributed by atoms with van der Waals surface area (Å²) in [6.45, 7) is 0.670. The van der Waals surface area contributed by atoms with Gasteiger partial charge in [-0.15, -0.1) is 10.2 Å². The Morgan fingerprint density at radius 3 is 2.46 bits per heavy atom. The van der Waals surface area contributed by atoms with Gasteiger partial charge in [-0.1, -0.05) is 54.6 Å². The van der Waals surface area contributed by atoms with Crippen molar-refractivity contribution in [2.24, 2.45) is 11.7 Å². The molecule has 2 atom stereocenters. The van der Waals surface area contributed by atoms with Gasteiger partial charge in [0, 0.05) is 23.7 Å². The highest BCUT2D eigenvalue weighted by molar-refractivity contribution is 5.95. The largest absolute Gasteiger partial charge is 0.474 e. The SMILES string of the molecule is COC(=O)C[C@@H]1C[C@@H](COc2ccc(-c3ccc(C(=N)N)cc3)nn2)N(Cc2ccccc2)C1=O. The molecule has 35 heavy (non-hydrogen) atoms. The molecule has 9 nitrogen and oxygen atoms in total. The predicted molar refractivity (Wildman–Crippen MR) is 129 cm³/mol. The molecule has 0 radical (unpaired) electrons. The van der Waals surface area contributed by atoms with Crippen LogP contribution in [0.2, 0.25) is 0 Å². The summed E-state index contributed by atoms with van der Waals surface area (Å²) in [4.78, 5) is 26.6. The summed E-state index contributed by atoms with van der Waals surface area (Å²) in [5.74, 6) is -0.568. The molecule has 0 unspecified atom stereocenters. The minimum atomic E-state index is -0.439. The van der Waals surface area contributed by atoms with Crippen molar-refractivity contribution in [3.8, 4) is 17.1 Å². The second kappa shape index (κ2) is 10.8. The normalized spacial score (nSPS) is 17.3. The number of amides is 1. The summed E-state index contributed by atoms with van der Waals surface area (Å²) in [5.41, 5.74) is 8.64. The van der Waals surface area contributed by atoms with Crippen molar-refractivity contribution in [1.82, 2.24) is 15.1 Å². The van der Waals surface area contributed by atoms with Gasteiger partial charge in [-0.05, 0) is 18.1 Å². The Hall–Kier alpha value is -4.27. The first-order chi connectivity index (χ1) is 16.9. The number of hydrogen-bond donors (Lipinski definition) is 2. The third-order valence-electron chi connectivity index (χ3n) is 6.02. The van der Waals surface area contributed by atoms with Crippen LogP contribution in [-0.4, -0.2) is 52.6 Å². The van der Waals surface area contributed by atoms with Crippen molar-refractivity contribution >= 4 is 17.7 Å². The Kier molecular flexibility index (Phi) is 7.35. The zero-order valence-corrected chi connectivity index (χ0v) is 19.4. The molecule has 1 aromatic heterocycles. The van der Waals surface area contributed by atoms with E-state index in [2.05, 4.69) is 10.2 Å². The van der Waals surface area contributed by atoms with Gasteiger partial charge >= 0.3 is 5.97 Å². The number of nitrogen functional groups attached to an aromatic ring is 1. The molecule has 1 amide bonds. The van der Waals surface area contributed by atoms with E-state index in [0.717, 1.165) is 11.1 Å². The molecule has 0 spiro atoms. The number of nitrogens with zero attached hydrogens (tertiary/aromatic N) is 3. The number of amidine groups is 1. The minimum absolute atomic E-state index is 0.00640. The lowest BCUT2D eigenvalue weighted by atomic mass is 10.0. The monoisotopic (exact) mass is 473 g/mol. The van der Waals surface area contributed by atoms with Crippen LogP contribution in [0.4, 0.5) is 0 Å². The first kappa shape index (κ1) is 23.9. The van der Waals surface area contributed by atoms with E-state index >= 15 is 0 Å². The maximum atomic E-state index is 13.1. The van der Waals surface area contributed by atoms with Crippen LogP contribution in [0.5, 0.6) is 5.88 Å². The van der Waals surface area contributed by atoms with E-state index in [1.54, 1.807) is 29.2 Å². The number of benzene rings is 2. The summed E-state index contributed by atoms with van der Waals surface area (Å²) >= 11 is 0. The number of carbonyl (C=O) groups is 2. The first-order valence-electron chi connectivity index (χ1n) is 11.3. The van der Waals surface area contributed by atoms with Gasteiger partial charge in [0.25, 0.3) is 0 Å². The molecular formula is C26H27N5O4. The van der Waals surface area contributed by atoms with Crippen LogP contribution in [-0.2, 0) is 20.9 Å². The maximum absolute atomic E-state index is 13.1. The Labute approximate surface area is 203 Å². The molecular weight excluding hydrogens is 446 g/mol. The van der Waals surface area contributed by atoms with E-state index in [1.165, 1.54) is 7.11 Å². The van der Waals surface area contributed by atoms with Crippen LogP contribution in [0.25, 0.3) is 11.3 Å². The molecule has 1 saturated heterocycles. The van der Waals surface area contributed by atoms with Gasteiger partial charge < -0.3 is 20.1 Å². The van der Waals surface area contributed by atoms with Gasteiger partial charge in [0.1, 0.15) is 12.4 Å². The van der Waals surface area contributed by atoms with E-state index in [4.69, 9.17) is 20.6 Å². The van der Waals surface area contributed by atoms with Gasteiger partial charge in [-0.2, -0.15) is 0 Å². The standard InChI is InChI=1S/C26H27N5O4/c1-34-24(32)14-20-13-21(31(26(20)33)15-17-5-3-2-4-6-17)16-35-23-12-11-22(29-30-23)18-7-9-19(10-8-18)25(27)28/h2-12,20-21H,13-16H2,1H3,(H3,27,28)/t20-,21-/m0/s1. The third kappa shape index (κ3) is 5.81. The van der Waals surface area contributed by atoms with Crippen LogP contribution in [0.3, 0.4) is 0 Å². The van der Waals surface area contributed by atoms with E-state index in [1.807, 2.05) is 42.5 Å². The molecule has 3 N–H and O–H groups in total. The lowest BCUT2D eigenvalue weighted by Crippen LogP contribution is -2.37. The molecule has 2 heterocycles. The van der Waals surface area contributed by atoms with Crippen molar-refractivity contribution in [3.05, 3.63) is 77.9 Å². The van der Waals surface area contributed by atoms with Crippen LogP contribution in [0.1, 0.15) is 24.0 Å². The number of ether oxygens (including phenoxy) is 2. The molecule has 180 valence electrons. The molecule has 4 rings (SSSR count). The second-order valence-corrected chi connectivity index (χ2v) is 8.38. The number of rotatable bonds is 9. The van der Waals surface area contributed by atoms with Gasteiger partial charge in [0.05, 0.1) is 31.2 Å². The molecule has 2 aromatic carbocycles. The summed E-state index contributed by atoms with van der Waals surface area (Å²) < 4.78 is 10.7. The Balaban J connectivity index is 1.43. The molecule has 9 heteroatoms. The zero-order valence-electron chi connectivity index (χ0n) is 19.4. The first-order valence-corrected chi connectivity index (χ1v) is 11.3. The van der Waals surface area contributed by atoms with Gasteiger partial charge in [0.2, 0.25) is 11.8 Å². The quantitative estimate of drug-likeness (QED) is 0.277. The van der Waals surface area contributed by atoms with Crippen LogP contribution in [0.15, 0.2) is 66.7 Å².